The Bertz CT molecular complexity index is 230. The molecule has 14 heavy (non-hydrogen) atoms. The van der Waals surface area contributed by atoms with Crippen LogP contribution in [-0.2, 0) is 9.59 Å². The Kier molecular flexibility index (Phi) is 3.85. The molecule has 1 rings (SSSR count). The minimum atomic E-state index is 0.0126. The van der Waals surface area contributed by atoms with Crippen molar-refractivity contribution in [1.29, 1.82) is 0 Å². The van der Waals surface area contributed by atoms with Gasteiger partial charge in [0.15, 0.2) is 0 Å². The van der Waals surface area contributed by atoms with Crippen molar-refractivity contribution in [2.45, 2.75) is 46.5 Å². The SMILES string of the molecule is CC(=O)[C@@H]1CCCC[C@H]1C(=O)C(C)C. The van der Waals surface area contributed by atoms with E-state index in [-0.39, 0.29) is 29.3 Å². The molecule has 0 bridgehead atoms. The molecule has 0 aromatic rings. The molecule has 80 valence electrons. The van der Waals surface area contributed by atoms with Gasteiger partial charge < -0.3 is 0 Å². The fourth-order valence-electron chi connectivity index (χ4n) is 2.39. The average Bonchev–Trinajstić information content (AvgIpc) is 2.16. The second-order valence-electron chi connectivity index (χ2n) is 4.67. The van der Waals surface area contributed by atoms with E-state index < -0.39 is 0 Å². The van der Waals surface area contributed by atoms with Crippen LogP contribution in [0.2, 0.25) is 0 Å². The summed E-state index contributed by atoms with van der Waals surface area (Å²) in [4.78, 5) is 23.2. The van der Waals surface area contributed by atoms with Crippen LogP contribution in [0.15, 0.2) is 0 Å². The smallest absolute Gasteiger partial charge is 0.139 e. The quantitative estimate of drug-likeness (QED) is 0.695. The summed E-state index contributed by atoms with van der Waals surface area (Å²) in [6.45, 7) is 5.47. The third kappa shape index (κ3) is 2.43. The van der Waals surface area contributed by atoms with Crippen molar-refractivity contribution >= 4 is 11.6 Å². The molecule has 2 heteroatoms. The lowest BCUT2D eigenvalue weighted by molar-refractivity contribution is -0.134. The van der Waals surface area contributed by atoms with Crippen molar-refractivity contribution in [3.8, 4) is 0 Å². The van der Waals surface area contributed by atoms with E-state index in [1.807, 2.05) is 13.8 Å². The second kappa shape index (κ2) is 4.72. The highest BCUT2D eigenvalue weighted by Crippen LogP contribution is 2.32. The maximum atomic E-state index is 11.9. The Morgan fingerprint density at radius 1 is 1.07 bits per heavy atom. The van der Waals surface area contributed by atoms with E-state index in [1.165, 1.54) is 0 Å². The first-order chi connectivity index (χ1) is 6.54. The zero-order chi connectivity index (χ0) is 10.7. The zero-order valence-corrected chi connectivity index (χ0v) is 9.38. The summed E-state index contributed by atoms with van der Waals surface area (Å²) in [5, 5.41) is 0. The Labute approximate surface area is 86.1 Å². The molecule has 0 aromatic heterocycles. The van der Waals surface area contributed by atoms with Crippen LogP contribution in [0.5, 0.6) is 0 Å². The van der Waals surface area contributed by atoms with Gasteiger partial charge >= 0.3 is 0 Å². The maximum Gasteiger partial charge on any atom is 0.139 e. The normalized spacial score (nSPS) is 27.7. The third-order valence-corrected chi connectivity index (χ3v) is 3.22. The van der Waals surface area contributed by atoms with Crippen molar-refractivity contribution < 1.29 is 9.59 Å². The van der Waals surface area contributed by atoms with Gasteiger partial charge in [0.25, 0.3) is 0 Å². The monoisotopic (exact) mass is 196 g/mol. The lowest BCUT2D eigenvalue weighted by Gasteiger charge is -2.29. The van der Waals surface area contributed by atoms with Gasteiger partial charge in [-0.2, -0.15) is 0 Å². The van der Waals surface area contributed by atoms with Crippen LogP contribution in [0.1, 0.15) is 46.5 Å². The van der Waals surface area contributed by atoms with Crippen LogP contribution in [0.4, 0.5) is 0 Å². The van der Waals surface area contributed by atoms with Gasteiger partial charge in [0, 0.05) is 17.8 Å². The molecule has 1 aliphatic rings. The van der Waals surface area contributed by atoms with Crippen LogP contribution >= 0.6 is 0 Å². The summed E-state index contributed by atoms with van der Waals surface area (Å²) in [5.74, 6) is 0.577. The summed E-state index contributed by atoms with van der Waals surface area (Å²) in [6.07, 6.45) is 4.04. The van der Waals surface area contributed by atoms with E-state index in [9.17, 15) is 9.59 Å². The van der Waals surface area contributed by atoms with Gasteiger partial charge in [0.1, 0.15) is 11.6 Å². The van der Waals surface area contributed by atoms with E-state index in [0.29, 0.717) is 0 Å². The first-order valence-electron chi connectivity index (χ1n) is 5.58. The summed E-state index contributed by atoms with van der Waals surface area (Å²) >= 11 is 0. The molecule has 0 N–H and O–H groups in total. The molecule has 0 spiro atoms. The molecular formula is C12H20O2. The van der Waals surface area contributed by atoms with Gasteiger partial charge in [-0.25, -0.2) is 0 Å². The number of carbonyl (C=O) groups is 2. The topological polar surface area (TPSA) is 34.1 Å². The first-order valence-corrected chi connectivity index (χ1v) is 5.58. The zero-order valence-electron chi connectivity index (χ0n) is 9.38. The van der Waals surface area contributed by atoms with Crippen molar-refractivity contribution in [3.05, 3.63) is 0 Å². The minimum Gasteiger partial charge on any atom is -0.300 e. The lowest BCUT2D eigenvalue weighted by atomic mass is 9.73. The number of hydrogen-bond acceptors (Lipinski definition) is 2. The van der Waals surface area contributed by atoms with E-state index in [0.717, 1.165) is 25.7 Å². The molecule has 0 heterocycles. The second-order valence-corrected chi connectivity index (χ2v) is 4.67. The van der Waals surface area contributed by atoms with Crippen LogP contribution in [-0.4, -0.2) is 11.6 Å². The highest BCUT2D eigenvalue weighted by Gasteiger charge is 2.34. The Morgan fingerprint density at radius 2 is 1.57 bits per heavy atom. The van der Waals surface area contributed by atoms with Crippen molar-refractivity contribution in [3.63, 3.8) is 0 Å². The molecule has 0 unspecified atom stereocenters. The Morgan fingerprint density at radius 3 is 2.00 bits per heavy atom. The molecular weight excluding hydrogens is 176 g/mol. The Balaban J connectivity index is 2.72. The predicted molar refractivity (Wildman–Crippen MR) is 56.0 cm³/mol. The number of Topliss-reactive ketones (excluding diaryl/α,β-unsaturated/α-hetero) is 2. The van der Waals surface area contributed by atoms with Crippen molar-refractivity contribution in [2.24, 2.45) is 17.8 Å². The van der Waals surface area contributed by atoms with Crippen LogP contribution in [0.25, 0.3) is 0 Å². The number of ketones is 2. The predicted octanol–water partition coefficient (Wildman–Crippen LogP) is 2.61. The number of carbonyl (C=O) groups excluding carboxylic acids is 2. The van der Waals surface area contributed by atoms with E-state index in [1.54, 1.807) is 6.92 Å². The van der Waals surface area contributed by atoms with E-state index in [2.05, 4.69) is 0 Å². The Hall–Kier alpha value is -0.660. The average molecular weight is 196 g/mol. The summed E-state index contributed by atoms with van der Waals surface area (Å²) < 4.78 is 0. The molecule has 0 saturated heterocycles. The van der Waals surface area contributed by atoms with Gasteiger partial charge in [0.05, 0.1) is 0 Å². The van der Waals surface area contributed by atoms with Crippen LogP contribution in [0, 0.1) is 17.8 Å². The molecule has 2 nitrogen and oxygen atoms in total. The molecule has 1 fully saturated rings. The molecule has 0 amide bonds. The van der Waals surface area contributed by atoms with Crippen LogP contribution in [0.3, 0.4) is 0 Å². The molecule has 1 aliphatic carbocycles. The highest BCUT2D eigenvalue weighted by atomic mass is 16.1. The lowest BCUT2D eigenvalue weighted by Crippen LogP contribution is -2.33. The van der Waals surface area contributed by atoms with Crippen molar-refractivity contribution in [1.82, 2.24) is 0 Å². The van der Waals surface area contributed by atoms with Gasteiger partial charge in [-0.3, -0.25) is 9.59 Å². The van der Waals surface area contributed by atoms with Crippen molar-refractivity contribution in [2.75, 3.05) is 0 Å². The summed E-state index contributed by atoms with van der Waals surface area (Å²) in [7, 11) is 0. The minimum absolute atomic E-state index is 0.0126. The first kappa shape index (κ1) is 11.4. The fourth-order valence-corrected chi connectivity index (χ4v) is 2.39. The molecule has 2 atom stereocenters. The third-order valence-electron chi connectivity index (χ3n) is 3.22. The highest BCUT2D eigenvalue weighted by molar-refractivity contribution is 5.89. The van der Waals surface area contributed by atoms with E-state index in [4.69, 9.17) is 0 Å². The van der Waals surface area contributed by atoms with E-state index >= 15 is 0 Å². The largest absolute Gasteiger partial charge is 0.300 e. The molecule has 0 aliphatic heterocycles. The van der Waals surface area contributed by atoms with Gasteiger partial charge in [-0.05, 0) is 19.8 Å². The maximum absolute atomic E-state index is 11.9. The molecule has 0 radical (unpaired) electrons. The summed E-state index contributed by atoms with van der Waals surface area (Å²) in [5.41, 5.74) is 0. The fraction of sp³-hybridized carbons (Fsp3) is 0.833. The van der Waals surface area contributed by atoms with Gasteiger partial charge in [-0.15, -0.1) is 0 Å². The number of hydrogen-bond donors (Lipinski definition) is 0. The standard InChI is InChI=1S/C12H20O2/c1-8(2)12(14)11-7-5-4-6-10(11)9(3)13/h8,10-11H,4-7H2,1-3H3/t10-,11+/m0/s1. The number of rotatable bonds is 3. The van der Waals surface area contributed by atoms with Gasteiger partial charge in [-0.1, -0.05) is 26.7 Å². The van der Waals surface area contributed by atoms with Crippen LogP contribution < -0.4 is 0 Å². The molecule has 0 aromatic carbocycles. The summed E-state index contributed by atoms with van der Waals surface area (Å²) in [6, 6.07) is 0. The molecule has 1 saturated carbocycles. The van der Waals surface area contributed by atoms with Gasteiger partial charge in [0.2, 0.25) is 0 Å².